The highest BCUT2D eigenvalue weighted by molar-refractivity contribution is 6.76. The van der Waals surface area contributed by atoms with E-state index >= 15 is 0 Å². The molecule has 0 fully saturated rings. The number of imidazole rings is 1. The second kappa shape index (κ2) is 13.8. The van der Waals surface area contributed by atoms with Gasteiger partial charge in [0, 0.05) is 40.2 Å². The highest BCUT2D eigenvalue weighted by Crippen LogP contribution is 2.39. The van der Waals surface area contributed by atoms with Crippen molar-refractivity contribution in [1.29, 1.82) is 0 Å². The molecule has 0 bridgehead atoms. The molecule has 2 N–H and O–H groups in total. The van der Waals surface area contributed by atoms with Crippen molar-refractivity contribution in [3.8, 4) is 0 Å². The summed E-state index contributed by atoms with van der Waals surface area (Å²) >= 11 is 0. The van der Waals surface area contributed by atoms with Crippen LogP contribution in [0, 0.1) is 0 Å². The largest absolute Gasteiger partial charge is 0.380 e. The van der Waals surface area contributed by atoms with E-state index in [2.05, 4.69) is 100 Å². The Kier molecular flexibility index (Phi) is 9.50. The Bertz CT molecular complexity index is 1600. The second-order valence-electron chi connectivity index (χ2n) is 13.1. The van der Waals surface area contributed by atoms with Gasteiger partial charge in [0.15, 0.2) is 0 Å². The number of benzene rings is 2. The highest BCUT2D eigenvalue weighted by atomic mass is 28.3. The number of nitrogens with zero attached hydrogens (tertiary/aromatic N) is 4. The van der Waals surface area contributed by atoms with Gasteiger partial charge in [-0.1, -0.05) is 68.2 Å². The number of aromatic amines is 1. The number of hydrogen-bond acceptors (Lipinski definition) is 6. The summed E-state index contributed by atoms with van der Waals surface area (Å²) in [5.41, 5.74) is 7.07. The van der Waals surface area contributed by atoms with Gasteiger partial charge in [-0.3, -0.25) is 9.88 Å². The molecular weight excluding hydrogens is 561 g/mol. The fourth-order valence-electron chi connectivity index (χ4n) is 6.01. The summed E-state index contributed by atoms with van der Waals surface area (Å²) < 4.78 is 6.51. The average Bonchev–Trinajstić information content (AvgIpc) is 3.47. The number of H-pyrrole nitrogens is 1. The van der Waals surface area contributed by atoms with Crippen molar-refractivity contribution in [2.24, 2.45) is 0 Å². The molecule has 7 nitrogen and oxygen atoms in total. The summed E-state index contributed by atoms with van der Waals surface area (Å²) in [7, 11) is -1.22. The van der Waals surface area contributed by atoms with E-state index in [4.69, 9.17) is 14.7 Å². The normalized spacial score (nSPS) is 15.8. The Morgan fingerprint density at radius 1 is 0.932 bits per heavy atom. The third-order valence-corrected chi connectivity index (χ3v) is 10.2. The van der Waals surface area contributed by atoms with Crippen LogP contribution in [0.2, 0.25) is 25.7 Å². The van der Waals surface area contributed by atoms with E-state index in [1.807, 2.05) is 30.6 Å². The Hall–Kier alpha value is -3.85. The third kappa shape index (κ3) is 7.61. The van der Waals surface area contributed by atoms with E-state index in [0.717, 1.165) is 67.7 Å². The van der Waals surface area contributed by atoms with Crippen molar-refractivity contribution in [1.82, 2.24) is 24.8 Å². The van der Waals surface area contributed by atoms with Crippen LogP contribution >= 0.6 is 0 Å². The van der Waals surface area contributed by atoms with Gasteiger partial charge in [-0.05, 0) is 72.3 Å². The predicted octanol–water partition coefficient (Wildman–Crippen LogP) is 7.94. The van der Waals surface area contributed by atoms with Crippen molar-refractivity contribution in [3.63, 3.8) is 0 Å². The molecule has 3 heterocycles. The third-order valence-electron chi connectivity index (χ3n) is 8.49. The Morgan fingerprint density at radius 3 is 2.52 bits per heavy atom. The lowest BCUT2D eigenvalue weighted by Crippen LogP contribution is -2.38. The lowest BCUT2D eigenvalue weighted by atomic mass is 9.89. The van der Waals surface area contributed by atoms with Crippen LogP contribution in [0.5, 0.6) is 0 Å². The number of para-hydroxylation sites is 2. The Morgan fingerprint density at radius 2 is 1.73 bits per heavy atom. The molecule has 1 aliphatic carbocycles. The van der Waals surface area contributed by atoms with E-state index in [0.29, 0.717) is 6.61 Å². The number of anilines is 1. The molecule has 228 valence electrons. The first kappa shape index (κ1) is 30.2. The summed E-state index contributed by atoms with van der Waals surface area (Å²) in [4.78, 5) is 20.7. The van der Waals surface area contributed by atoms with Crippen LogP contribution in [0.25, 0.3) is 11.0 Å². The molecule has 0 aliphatic heterocycles. The van der Waals surface area contributed by atoms with Crippen molar-refractivity contribution in [2.45, 2.75) is 70.1 Å². The number of hydrogen-bond donors (Lipinski definition) is 2. The molecule has 0 amide bonds. The minimum absolute atomic E-state index is 0.0486. The first-order chi connectivity index (χ1) is 21.4. The smallest absolute Gasteiger partial charge is 0.127 e. The van der Waals surface area contributed by atoms with Crippen LogP contribution in [0.3, 0.4) is 0 Å². The van der Waals surface area contributed by atoms with Crippen molar-refractivity contribution in [2.75, 3.05) is 18.5 Å². The second-order valence-corrected chi connectivity index (χ2v) is 18.7. The summed E-state index contributed by atoms with van der Waals surface area (Å²) in [6, 6.07) is 28.8. The SMILES string of the molecule is C[Si](C)(C)CCOCC(c1nc2ccccc2[nH]1)N(Cc1ccc(CNc2ccccn2)cc1)C1CCCc2cccnc21. The first-order valence-corrected chi connectivity index (χ1v) is 19.6. The summed E-state index contributed by atoms with van der Waals surface area (Å²) in [5.74, 6) is 1.84. The lowest BCUT2D eigenvalue weighted by Gasteiger charge is -2.39. The summed E-state index contributed by atoms with van der Waals surface area (Å²) in [6.45, 7) is 10.1. The zero-order valence-corrected chi connectivity index (χ0v) is 27.2. The number of aryl methyl sites for hydroxylation is 1. The maximum absolute atomic E-state index is 6.51. The van der Waals surface area contributed by atoms with Crippen molar-refractivity contribution >= 4 is 24.9 Å². The zero-order valence-electron chi connectivity index (χ0n) is 26.2. The van der Waals surface area contributed by atoms with E-state index in [9.17, 15) is 0 Å². The topological polar surface area (TPSA) is 79.0 Å². The van der Waals surface area contributed by atoms with Gasteiger partial charge in [-0.25, -0.2) is 9.97 Å². The average molecular weight is 605 g/mol. The van der Waals surface area contributed by atoms with Crippen LogP contribution in [0.4, 0.5) is 5.82 Å². The van der Waals surface area contributed by atoms with Crippen LogP contribution in [0.15, 0.2) is 91.3 Å². The van der Waals surface area contributed by atoms with Crippen LogP contribution in [0.1, 0.15) is 53.1 Å². The van der Waals surface area contributed by atoms with Gasteiger partial charge < -0.3 is 15.0 Å². The molecule has 8 heteroatoms. The molecule has 1 aliphatic rings. The molecule has 2 aromatic carbocycles. The molecule has 0 saturated carbocycles. The molecule has 0 saturated heterocycles. The van der Waals surface area contributed by atoms with E-state index in [1.165, 1.54) is 22.4 Å². The van der Waals surface area contributed by atoms with Gasteiger partial charge in [0.25, 0.3) is 0 Å². The highest BCUT2D eigenvalue weighted by Gasteiger charge is 2.34. The van der Waals surface area contributed by atoms with Gasteiger partial charge in [-0.2, -0.15) is 0 Å². The minimum atomic E-state index is -1.22. The van der Waals surface area contributed by atoms with Gasteiger partial charge in [-0.15, -0.1) is 0 Å². The van der Waals surface area contributed by atoms with Crippen molar-refractivity contribution in [3.05, 3.63) is 119 Å². The number of pyridine rings is 2. The number of aromatic nitrogens is 4. The van der Waals surface area contributed by atoms with E-state index in [1.54, 1.807) is 0 Å². The monoisotopic (exact) mass is 604 g/mol. The van der Waals surface area contributed by atoms with E-state index in [-0.39, 0.29) is 12.1 Å². The first-order valence-electron chi connectivity index (χ1n) is 15.9. The molecule has 44 heavy (non-hydrogen) atoms. The molecule has 2 atom stereocenters. The zero-order chi connectivity index (χ0) is 30.4. The Labute approximate surface area is 262 Å². The van der Waals surface area contributed by atoms with Crippen LogP contribution in [-0.2, 0) is 24.2 Å². The summed E-state index contributed by atoms with van der Waals surface area (Å²) in [6.07, 6.45) is 7.03. The molecule has 3 aromatic heterocycles. The molecule has 2 unspecified atom stereocenters. The lowest BCUT2D eigenvalue weighted by molar-refractivity contribution is 0.0257. The van der Waals surface area contributed by atoms with Gasteiger partial charge in [0.05, 0.1) is 35.4 Å². The molecular formula is C36H44N6OSi. The van der Waals surface area contributed by atoms with Crippen LogP contribution < -0.4 is 5.32 Å². The van der Waals surface area contributed by atoms with Crippen molar-refractivity contribution < 1.29 is 4.74 Å². The number of ether oxygens (including phenoxy) is 1. The van der Waals surface area contributed by atoms with Gasteiger partial charge in [0.2, 0.25) is 0 Å². The number of nitrogens with one attached hydrogen (secondary N) is 2. The van der Waals surface area contributed by atoms with E-state index < -0.39 is 8.07 Å². The molecule has 6 rings (SSSR count). The number of fused-ring (bicyclic) bond motifs is 2. The molecule has 0 radical (unpaired) electrons. The maximum Gasteiger partial charge on any atom is 0.127 e. The number of rotatable bonds is 13. The van der Waals surface area contributed by atoms with Gasteiger partial charge >= 0.3 is 0 Å². The predicted molar refractivity (Wildman–Crippen MR) is 181 cm³/mol. The van der Waals surface area contributed by atoms with Crippen LogP contribution in [-0.4, -0.2) is 46.1 Å². The summed E-state index contributed by atoms with van der Waals surface area (Å²) in [5, 5.41) is 3.42. The van der Waals surface area contributed by atoms with Gasteiger partial charge in [0.1, 0.15) is 11.6 Å². The fourth-order valence-corrected chi connectivity index (χ4v) is 6.77. The quantitative estimate of drug-likeness (QED) is 0.105. The Balaban J connectivity index is 1.31. The maximum atomic E-state index is 6.51. The molecule has 5 aromatic rings. The standard InChI is InChI=1S/C36H44N6OSi/c1-44(2,3)23-22-43-26-33(36-40-30-12-4-5-13-31(30)41-36)42(32-14-8-10-29-11-9-21-38-35(29)32)25-28-18-16-27(17-19-28)24-39-34-15-6-7-20-37-34/h4-7,9,11-13,15-21,32-33H,8,10,14,22-26H2,1-3H3,(H,37,39)(H,40,41). The molecule has 0 spiro atoms. The minimum Gasteiger partial charge on any atom is -0.380 e. The fraction of sp³-hybridized carbons (Fsp3) is 0.361.